The van der Waals surface area contributed by atoms with Crippen molar-refractivity contribution < 1.29 is 9.53 Å². The Balaban J connectivity index is 1.58. The summed E-state index contributed by atoms with van der Waals surface area (Å²) in [6.07, 6.45) is 7.22. The molecule has 0 saturated heterocycles. The van der Waals surface area contributed by atoms with Crippen molar-refractivity contribution in [2.75, 3.05) is 6.61 Å². The summed E-state index contributed by atoms with van der Waals surface area (Å²) in [6, 6.07) is 9.97. The number of nitrogens with zero attached hydrogens (tertiary/aromatic N) is 4. The zero-order valence-electron chi connectivity index (χ0n) is 20.2. The molecule has 7 nitrogen and oxygen atoms in total. The summed E-state index contributed by atoms with van der Waals surface area (Å²) in [6.45, 7) is 8.82. The SMILES string of the molecule is CCCCCCC1=NN2C(=N)/C(=C\c3cc(C)n(-c4ccc(OCC)cc4)c3C)C(=O)N=C2S1. The Morgan fingerprint density at radius 1 is 1.12 bits per heavy atom. The Morgan fingerprint density at radius 3 is 2.59 bits per heavy atom. The number of hydrogen-bond acceptors (Lipinski definition) is 5. The number of nitrogens with one attached hydrogen (secondary N) is 1. The van der Waals surface area contributed by atoms with Crippen LogP contribution in [0.25, 0.3) is 11.8 Å². The molecule has 2 aromatic rings. The van der Waals surface area contributed by atoms with E-state index in [2.05, 4.69) is 21.6 Å². The highest BCUT2D eigenvalue weighted by atomic mass is 32.2. The number of rotatable bonds is 9. The molecule has 0 saturated carbocycles. The van der Waals surface area contributed by atoms with Crippen LogP contribution in [-0.2, 0) is 4.79 Å². The van der Waals surface area contributed by atoms with Crippen molar-refractivity contribution in [1.29, 1.82) is 5.41 Å². The second kappa shape index (κ2) is 10.4. The molecule has 0 spiro atoms. The predicted octanol–water partition coefficient (Wildman–Crippen LogP) is 6.08. The molecule has 1 N–H and O–H groups in total. The van der Waals surface area contributed by atoms with Crippen molar-refractivity contribution in [2.45, 2.75) is 59.8 Å². The molecule has 2 aliphatic rings. The monoisotopic (exact) mass is 477 g/mol. The van der Waals surface area contributed by atoms with Gasteiger partial charge in [0, 0.05) is 17.1 Å². The number of amidine groups is 2. The first kappa shape index (κ1) is 24.0. The largest absolute Gasteiger partial charge is 0.494 e. The van der Waals surface area contributed by atoms with E-state index in [-0.39, 0.29) is 11.4 Å². The lowest BCUT2D eigenvalue weighted by atomic mass is 10.1. The van der Waals surface area contributed by atoms with Gasteiger partial charge in [-0.05, 0) is 87.3 Å². The predicted molar refractivity (Wildman–Crippen MR) is 140 cm³/mol. The third kappa shape index (κ3) is 4.87. The number of thioether (sulfide) groups is 1. The van der Waals surface area contributed by atoms with Crippen LogP contribution >= 0.6 is 11.8 Å². The van der Waals surface area contributed by atoms with Gasteiger partial charge in [-0.15, -0.1) is 0 Å². The Morgan fingerprint density at radius 2 is 1.88 bits per heavy atom. The lowest BCUT2D eigenvalue weighted by Gasteiger charge is -2.20. The first-order valence-corrected chi connectivity index (χ1v) is 12.7. The fourth-order valence-electron chi connectivity index (χ4n) is 4.18. The highest BCUT2D eigenvalue weighted by Gasteiger charge is 2.35. The number of unbranched alkanes of at least 4 members (excludes halogenated alkanes) is 3. The van der Waals surface area contributed by atoms with Crippen LogP contribution in [0.2, 0.25) is 0 Å². The number of aryl methyl sites for hydroxylation is 1. The summed E-state index contributed by atoms with van der Waals surface area (Å²) in [5.74, 6) is 0.522. The average Bonchev–Trinajstić information content (AvgIpc) is 3.35. The maximum Gasteiger partial charge on any atom is 0.283 e. The van der Waals surface area contributed by atoms with Gasteiger partial charge in [-0.3, -0.25) is 10.2 Å². The normalized spacial score (nSPS) is 16.7. The van der Waals surface area contributed by atoms with Crippen molar-refractivity contribution >= 4 is 39.8 Å². The van der Waals surface area contributed by atoms with Gasteiger partial charge in [-0.2, -0.15) is 15.1 Å². The van der Waals surface area contributed by atoms with E-state index in [4.69, 9.17) is 10.1 Å². The number of fused-ring (bicyclic) bond motifs is 1. The van der Waals surface area contributed by atoms with Crippen molar-refractivity contribution in [2.24, 2.45) is 10.1 Å². The van der Waals surface area contributed by atoms with Gasteiger partial charge in [0.05, 0.1) is 12.2 Å². The van der Waals surface area contributed by atoms with E-state index in [0.29, 0.717) is 11.8 Å². The van der Waals surface area contributed by atoms with E-state index in [1.54, 1.807) is 6.08 Å². The number of carbonyl (C=O) groups excluding carboxylic acids is 1. The number of hydrazone groups is 1. The molecule has 0 fully saturated rings. The third-order valence-corrected chi connectivity index (χ3v) is 6.88. The van der Waals surface area contributed by atoms with Crippen LogP contribution in [0.15, 0.2) is 46.0 Å². The van der Waals surface area contributed by atoms with E-state index >= 15 is 0 Å². The first-order valence-electron chi connectivity index (χ1n) is 11.8. The minimum Gasteiger partial charge on any atom is -0.494 e. The van der Waals surface area contributed by atoms with Crippen LogP contribution in [0.3, 0.4) is 0 Å². The van der Waals surface area contributed by atoms with E-state index in [1.165, 1.54) is 29.6 Å². The quantitative estimate of drug-likeness (QED) is 0.350. The molecule has 0 radical (unpaired) electrons. The molecule has 1 amide bonds. The van der Waals surface area contributed by atoms with E-state index in [9.17, 15) is 4.79 Å². The standard InChI is InChI=1S/C26H31N5O2S/c1-5-7-8-9-10-23-29-31-24(27)22(25(32)28-26(31)34-23)16-19-15-17(3)30(18(19)4)20-11-13-21(14-12-20)33-6-2/h11-16,27H,5-10H2,1-4H3/b22-16+,27-24?. The second-order valence-corrected chi connectivity index (χ2v) is 9.45. The zero-order valence-corrected chi connectivity index (χ0v) is 21.0. The van der Waals surface area contributed by atoms with Gasteiger partial charge >= 0.3 is 0 Å². The van der Waals surface area contributed by atoms with Crippen LogP contribution in [0.1, 0.15) is 62.9 Å². The average molecular weight is 478 g/mol. The molecular weight excluding hydrogens is 446 g/mol. The Labute approximate surface area is 205 Å². The van der Waals surface area contributed by atoms with Crippen molar-refractivity contribution in [1.82, 2.24) is 9.58 Å². The van der Waals surface area contributed by atoms with Gasteiger partial charge in [0.25, 0.3) is 5.91 Å². The van der Waals surface area contributed by atoms with Gasteiger partial charge in [-0.1, -0.05) is 26.2 Å². The van der Waals surface area contributed by atoms with E-state index in [0.717, 1.165) is 52.7 Å². The molecule has 0 bridgehead atoms. The Kier molecular flexibility index (Phi) is 7.36. The van der Waals surface area contributed by atoms with Crippen molar-refractivity contribution in [3.05, 3.63) is 52.9 Å². The fourth-order valence-corrected chi connectivity index (χ4v) is 5.11. The first-order chi connectivity index (χ1) is 16.4. The van der Waals surface area contributed by atoms with Crippen molar-refractivity contribution in [3.8, 4) is 11.4 Å². The lowest BCUT2D eigenvalue weighted by Crippen LogP contribution is -2.35. The summed E-state index contributed by atoms with van der Waals surface area (Å²) in [7, 11) is 0. The number of carbonyl (C=O) groups is 1. The fraction of sp³-hybridized carbons (Fsp3) is 0.385. The number of aliphatic imine (C=N–C) groups is 1. The molecule has 178 valence electrons. The molecule has 0 aliphatic carbocycles. The highest BCUT2D eigenvalue weighted by Crippen LogP contribution is 2.31. The molecule has 34 heavy (non-hydrogen) atoms. The molecule has 1 aromatic heterocycles. The van der Waals surface area contributed by atoms with Crippen LogP contribution < -0.4 is 4.74 Å². The Bertz CT molecular complexity index is 1190. The molecule has 8 heteroatoms. The van der Waals surface area contributed by atoms with Gasteiger partial charge in [-0.25, -0.2) is 0 Å². The maximum absolute atomic E-state index is 12.8. The zero-order chi connectivity index (χ0) is 24.2. The number of ether oxygens (including phenoxy) is 1. The Hall–Kier alpha value is -3.13. The molecule has 0 atom stereocenters. The molecule has 2 aliphatic heterocycles. The van der Waals surface area contributed by atoms with Crippen LogP contribution in [0, 0.1) is 19.3 Å². The van der Waals surface area contributed by atoms with Crippen LogP contribution in [-0.4, -0.2) is 38.1 Å². The van der Waals surface area contributed by atoms with E-state index in [1.807, 2.05) is 51.1 Å². The maximum atomic E-state index is 12.8. The summed E-state index contributed by atoms with van der Waals surface area (Å²) in [5.41, 5.74) is 4.18. The van der Waals surface area contributed by atoms with E-state index < -0.39 is 5.91 Å². The smallest absolute Gasteiger partial charge is 0.283 e. The summed E-state index contributed by atoms with van der Waals surface area (Å²) >= 11 is 1.40. The van der Waals surface area contributed by atoms with Crippen molar-refractivity contribution in [3.63, 3.8) is 0 Å². The topological polar surface area (TPSA) is 83.0 Å². The van der Waals surface area contributed by atoms with Gasteiger partial charge < -0.3 is 9.30 Å². The summed E-state index contributed by atoms with van der Waals surface area (Å²) < 4.78 is 7.68. The minimum absolute atomic E-state index is 0.0805. The van der Waals surface area contributed by atoms with Gasteiger partial charge in [0.1, 0.15) is 10.8 Å². The molecular formula is C26H31N5O2S. The summed E-state index contributed by atoms with van der Waals surface area (Å²) in [4.78, 5) is 17.1. The molecule has 1 aromatic carbocycles. The lowest BCUT2D eigenvalue weighted by molar-refractivity contribution is -0.114. The second-order valence-electron chi connectivity index (χ2n) is 8.41. The summed E-state index contributed by atoms with van der Waals surface area (Å²) in [5, 5.41) is 16.1. The van der Waals surface area contributed by atoms with Crippen LogP contribution in [0.5, 0.6) is 5.75 Å². The number of amides is 1. The minimum atomic E-state index is -0.392. The third-order valence-electron chi connectivity index (χ3n) is 5.92. The number of aromatic nitrogens is 1. The number of benzene rings is 1. The molecule has 3 heterocycles. The van der Waals surface area contributed by atoms with Crippen LogP contribution in [0.4, 0.5) is 0 Å². The molecule has 4 rings (SSSR count). The van der Waals surface area contributed by atoms with Gasteiger partial charge in [0.2, 0.25) is 5.17 Å². The highest BCUT2D eigenvalue weighted by molar-refractivity contribution is 8.26. The molecule has 0 unspecified atom stereocenters. The number of hydrogen-bond donors (Lipinski definition) is 1. The van der Waals surface area contributed by atoms with Gasteiger partial charge in [0.15, 0.2) is 5.84 Å².